The molecule has 108 valence electrons. The topological polar surface area (TPSA) is 59.8 Å². The molecule has 3 heterocycles. The van der Waals surface area contributed by atoms with Gasteiger partial charge in [0.25, 0.3) is 5.91 Å². The van der Waals surface area contributed by atoms with E-state index >= 15 is 0 Å². The van der Waals surface area contributed by atoms with Gasteiger partial charge in [0.2, 0.25) is 0 Å². The van der Waals surface area contributed by atoms with E-state index in [0.29, 0.717) is 17.4 Å². The number of nitrogens with one attached hydrogen (secondary N) is 1. The summed E-state index contributed by atoms with van der Waals surface area (Å²) in [6, 6.07) is 5.91. The highest BCUT2D eigenvalue weighted by Crippen LogP contribution is 2.40. The normalized spacial score (nSPS) is 17.3. The van der Waals surface area contributed by atoms with Crippen LogP contribution in [0.2, 0.25) is 0 Å². The zero-order valence-corrected chi connectivity index (χ0v) is 11.9. The van der Waals surface area contributed by atoms with Gasteiger partial charge in [0, 0.05) is 18.4 Å². The maximum atomic E-state index is 12.3. The molecule has 0 spiro atoms. The van der Waals surface area contributed by atoms with E-state index in [2.05, 4.69) is 15.4 Å². The Hall–Kier alpha value is -2.17. The Balaban J connectivity index is 1.52. The molecule has 4 rings (SSSR count). The van der Waals surface area contributed by atoms with E-state index in [1.807, 2.05) is 22.9 Å². The Bertz CT molecular complexity index is 664. The summed E-state index contributed by atoms with van der Waals surface area (Å²) in [4.78, 5) is 16.5. The van der Waals surface area contributed by atoms with Gasteiger partial charge < -0.3 is 5.32 Å². The average Bonchev–Trinajstić information content (AvgIpc) is 3.26. The van der Waals surface area contributed by atoms with Gasteiger partial charge in [-0.2, -0.15) is 5.10 Å². The highest BCUT2D eigenvalue weighted by molar-refractivity contribution is 6.02. The monoisotopic (exact) mass is 282 g/mol. The molecular weight excluding hydrogens is 264 g/mol. The molecule has 2 aliphatic rings. The number of fused-ring (bicyclic) bond motifs is 1. The predicted octanol–water partition coefficient (Wildman–Crippen LogP) is 2.74. The molecule has 0 atom stereocenters. The first-order valence-electron chi connectivity index (χ1n) is 7.63. The Kier molecular flexibility index (Phi) is 2.98. The van der Waals surface area contributed by atoms with Gasteiger partial charge in [-0.25, -0.2) is 4.98 Å². The number of anilines is 1. The maximum absolute atomic E-state index is 12.3. The number of pyridine rings is 1. The predicted molar refractivity (Wildman–Crippen MR) is 79.3 cm³/mol. The molecule has 1 aliphatic heterocycles. The Morgan fingerprint density at radius 3 is 3.00 bits per heavy atom. The molecule has 0 bridgehead atoms. The van der Waals surface area contributed by atoms with Crippen molar-refractivity contribution in [2.24, 2.45) is 0 Å². The van der Waals surface area contributed by atoms with Crippen molar-refractivity contribution < 1.29 is 4.79 Å². The molecule has 1 fully saturated rings. The first kappa shape index (κ1) is 12.6. The molecule has 0 radical (unpaired) electrons. The fourth-order valence-electron chi connectivity index (χ4n) is 2.90. The quantitative estimate of drug-likeness (QED) is 0.941. The van der Waals surface area contributed by atoms with Crippen LogP contribution in [0.25, 0.3) is 0 Å². The second kappa shape index (κ2) is 4.98. The number of rotatable bonds is 3. The van der Waals surface area contributed by atoms with Crippen LogP contribution in [-0.4, -0.2) is 20.7 Å². The van der Waals surface area contributed by atoms with Gasteiger partial charge in [0.05, 0.1) is 0 Å². The molecule has 21 heavy (non-hydrogen) atoms. The number of carbonyl (C=O) groups is 1. The summed E-state index contributed by atoms with van der Waals surface area (Å²) >= 11 is 0. The van der Waals surface area contributed by atoms with Crippen molar-refractivity contribution in [3.05, 3.63) is 41.3 Å². The van der Waals surface area contributed by atoms with E-state index < -0.39 is 0 Å². The summed E-state index contributed by atoms with van der Waals surface area (Å²) in [6.45, 7) is 0.915. The number of aromatic nitrogens is 3. The van der Waals surface area contributed by atoms with E-state index in [1.165, 1.54) is 24.8 Å². The fourth-order valence-corrected chi connectivity index (χ4v) is 2.90. The number of aryl methyl sites for hydroxylation is 2. The lowest BCUT2D eigenvalue weighted by Gasteiger charge is -2.11. The third kappa shape index (κ3) is 2.55. The van der Waals surface area contributed by atoms with E-state index in [4.69, 9.17) is 0 Å². The Morgan fingerprint density at radius 1 is 1.29 bits per heavy atom. The maximum Gasteiger partial charge on any atom is 0.277 e. The Morgan fingerprint density at radius 2 is 2.19 bits per heavy atom. The number of nitrogens with zero attached hydrogens (tertiary/aromatic N) is 3. The molecule has 1 N–H and O–H groups in total. The van der Waals surface area contributed by atoms with E-state index in [-0.39, 0.29) is 5.91 Å². The SMILES string of the molecule is O=C(Nc1cc(C2CC2)ccn1)c1cc2n(n1)CCCC2. The van der Waals surface area contributed by atoms with Gasteiger partial charge in [-0.3, -0.25) is 9.48 Å². The van der Waals surface area contributed by atoms with Crippen molar-refractivity contribution >= 4 is 11.7 Å². The molecule has 5 heteroatoms. The molecular formula is C16H18N4O. The Labute approximate surface area is 123 Å². The van der Waals surface area contributed by atoms with Crippen LogP contribution >= 0.6 is 0 Å². The lowest BCUT2D eigenvalue weighted by Crippen LogP contribution is -2.15. The fraction of sp³-hybridized carbons (Fsp3) is 0.438. The standard InChI is InChI=1S/C16H18N4O/c21-16(14-10-13-3-1-2-8-20(13)19-14)18-15-9-12(6-7-17-15)11-4-5-11/h6-7,9-11H,1-5,8H2,(H,17,18,21). The van der Waals surface area contributed by atoms with E-state index in [0.717, 1.165) is 25.1 Å². The second-order valence-electron chi connectivity index (χ2n) is 5.90. The molecule has 5 nitrogen and oxygen atoms in total. The van der Waals surface area contributed by atoms with Gasteiger partial charge in [-0.05, 0) is 61.8 Å². The first-order valence-corrected chi connectivity index (χ1v) is 7.63. The summed E-state index contributed by atoms with van der Waals surface area (Å²) < 4.78 is 1.95. The second-order valence-corrected chi connectivity index (χ2v) is 5.90. The van der Waals surface area contributed by atoms with Crippen LogP contribution in [-0.2, 0) is 13.0 Å². The number of hydrogen-bond donors (Lipinski definition) is 1. The minimum absolute atomic E-state index is 0.169. The zero-order chi connectivity index (χ0) is 14.2. The van der Waals surface area contributed by atoms with Gasteiger partial charge in [-0.1, -0.05) is 0 Å². The molecule has 1 saturated carbocycles. The highest BCUT2D eigenvalue weighted by Gasteiger charge is 2.24. The lowest BCUT2D eigenvalue weighted by molar-refractivity contribution is 0.102. The third-order valence-corrected chi connectivity index (χ3v) is 4.22. The van der Waals surface area contributed by atoms with Crippen LogP contribution in [0.15, 0.2) is 24.4 Å². The van der Waals surface area contributed by atoms with Crippen molar-refractivity contribution in [2.75, 3.05) is 5.32 Å². The van der Waals surface area contributed by atoms with Gasteiger partial charge >= 0.3 is 0 Å². The van der Waals surface area contributed by atoms with Gasteiger partial charge in [0.1, 0.15) is 5.82 Å². The molecule has 0 unspecified atom stereocenters. The van der Waals surface area contributed by atoms with E-state index in [1.54, 1.807) is 6.20 Å². The van der Waals surface area contributed by atoms with Crippen LogP contribution in [0, 0.1) is 0 Å². The number of amides is 1. The minimum atomic E-state index is -0.169. The first-order chi connectivity index (χ1) is 10.3. The van der Waals surface area contributed by atoms with Crippen LogP contribution in [0.1, 0.15) is 53.3 Å². The minimum Gasteiger partial charge on any atom is -0.305 e. The van der Waals surface area contributed by atoms with Crippen LogP contribution in [0.4, 0.5) is 5.82 Å². The molecule has 1 aliphatic carbocycles. The zero-order valence-electron chi connectivity index (χ0n) is 11.9. The molecule has 1 amide bonds. The van der Waals surface area contributed by atoms with Crippen LogP contribution in [0.3, 0.4) is 0 Å². The molecule has 0 saturated heterocycles. The largest absolute Gasteiger partial charge is 0.305 e. The number of carbonyl (C=O) groups excluding carboxylic acids is 1. The third-order valence-electron chi connectivity index (χ3n) is 4.22. The van der Waals surface area contributed by atoms with Gasteiger partial charge in [-0.15, -0.1) is 0 Å². The molecule has 2 aromatic rings. The molecule has 2 aromatic heterocycles. The average molecular weight is 282 g/mol. The number of hydrogen-bond acceptors (Lipinski definition) is 3. The summed E-state index contributed by atoms with van der Waals surface area (Å²) in [5.74, 6) is 1.11. The van der Waals surface area contributed by atoms with Crippen molar-refractivity contribution in [2.45, 2.75) is 44.6 Å². The van der Waals surface area contributed by atoms with Crippen molar-refractivity contribution in [3.63, 3.8) is 0 Å². The van der Waals surface area contributed by atoms with Crippen LogP contribution in [0.5, 0.6) is 0 Å². The van der Waals surface area contributed by atoms with Crippen molar-refractivity contribution in [3.8, 4) is 0 Å². The van der Waals surface area contributed by atoms with E-state index in [9.17, 15) is 4.79 Å². The summed E-state index contributed by atoms with van der Waals surface area (Å²) in [6.07, 6.45) is 7.58. The smallest absolute Gasteiger partial charge is 0.277 e. The summed E-state index contributed by atoms with van der Waals surface area (Å²) in [5, 5.41) is 7.26. The van der Waals surface area contributed by atoms with Crippen molar-refractivity contribution in [1.82, 2.24) is 14.8 Å². The summed E-state index contributed by atoms with van der Waals surface area (Å²) in [7, 11) is 0. The van der Waals surface area contributed by atoms with Crippen LogP contribution < -0.4 is 5.32 Å². The lowest BCUT2D eigenvalue weighted by atomic mass is 10.1. The van der Waals surface area contributed by atoms with Crippen molar-refractivity contribution in [1.29, 1.82) is 0 Å². The summed E-state index contributed by atoms with van der Waals surface area (Å²) in [5.41, 5.74) is 2.92. The highest BCUT2D eigenvalue weighted by atomic mass is 16.2. The molecule has 0 aromatic carbocycles. The van der Waals surface area contributed by atoms with Gasteiger partial charge in [0.15, 0.2) is 5.69 Å².